The summed E-state index contributed by atoms with van der Waals surface area (Å²) in [4.78, 5) is 0.211. The van der Waals surface area contributed by atoms with Crippen molar-refractivity contribution in [2.75, 3.05) is 33.3 Å². The van der Waals surface area contributed by atoms with Crippen molar-refractivity contribution in [3.63, 3.8) is 0 Å². The van der Waals surface area contributed by atoms with E-state index >= 15 is 0 Å². The molecule has 1 aliphatic rings. The summed E-state index contributed by atoms with van der Waals surface area (Å²) in [5.74, 6) is 0.400. The molecule has 1 aromatic carbocycles. The van der Waals surface area contributed by atoms with Gasteiger partial charge in [-0.3, -0.25) is 0 Å². The van der Waals surface area contributed by atoms with Crippen LogP contribution in [0.25, 0.3) is 5.69 Å². The van der Waals surface area contributed by atoms with Gasteiger partial charge in [-0.15, -0.1) is 5.10 Å². The first-order valence-corrected chi connectivity index (χ1v) is 8.30. The molecule has 10 heteroatoms. The van der Waals surface area contributed by atoms with E-state index in [1.165, 1.54) is 28.5 Å². The molecule has 118 valence electrons. The molecule has 0 saturated carbocycles. The maximum absolute atomic E-state index is 12.7. The average Bonchev–Trinajstić information content (AvgIpc) is 3.09. The topological polar surface area (TPSA) is 107 Å². The van der Waals surface area contributed by atoms with Crippen molar-refractivity contribution in [3.8, 4) is 11.4 Å². The lowest BCUT2D eigenvalue weighted by Crippen LogP contribution is -2.89. The average molecular weight is 325 g/mol. The molecule has 1 saturated heterocycles. The van der Waals surface area contributed by atoms with Gasteiger partial charge in [-0.1, -0.05) is 0 Å². The van der Waals surface area contributed by atoms with Gasteiger partial charge in [-0.2, -0.15) is 8.99 Å². The largest absolute Gasteiger partial charge is 0.494 e. The Labute approximate surface area is 127 Å². The number of nitrogens with two attached hydrogens (primary N) is 1. The summed E-state index contributed by atoms with van der Waals surface area (Å²) in [6.07, 6.45) is 1.42. The molecular formula is C12H17N6O3S+. The third kappa shape index (κ3) is 2.67. The van der Waals surface area contributed by atoms with Crippen LogP contribution in [0.5, 0.6) is 5.75 Å². The number of benzene rings is 1. The van der Waals surface area contributed by atoms with Crippen LogP contribution in [-0.4, -0.2) is 66.2 Å². The molecule has 1 aliphatic heterocycles. The minimum absolute atomic E-state index is 0.211. The van der Waals surface area contributed by atoms with Crippen molar-refractivity contribution >= 4 is 10.0 Å². The standard InChI is InChI=1S/C12H16N6O3S/c1-21-12-8-10(2-3-11(12)18-9-14-15-16-18)22(19,20)17-6-4-13-5-7-17/h2-3,8-9,13H,4-7H2,1H3/p+1. The Hall–Kier alpha value is -2.04. The summed E-state index contributed by atoms with van der Waals surface area (Å²) in [6.45, 7) is 2.58. The molecule has 0 amide bonds. The third-order valence-corrected chi connectivity index (χ3v) is 5.44. The number of ether oxygens (including phenoxy) is 1. The summed E-state index contributed by atoms with van der Waals surface area (Å²) >= 11 is 0. The molecule has 0 bridgehead atoms. The first kappa shape index (κ1) is 14.9. The van der Waals surface area contributed by atoms with Gasteiger partial charge in [0.2, 0.25) is 10.0 Å². The molecular weight excluding hydrogens is 308 g/mol. The minimum Gasteiger partial charge on any atom is -0.494 e. The van der Waals surface area contributed by atoms with E-state index in [1.54, 1.807) is 12.1 Å². The molecule has 0 atom stereocenters. The summed E-state index contributed by atoms with van der Waals surface area (Å²) in [7, 11) is -2.03. The van der Waals surface area contributed by atoms with Gasteiger partial charge >= 0.3 is 0 Å². The maximum atomic E-state index is 12.7. The number of nitrogens with zero attached hydrogens (tertiary/aromatic N) is 5. The van der Waals surface area contributed by atoms with Crippen LogP contribution in [0.15, 0.2) is 29.4 Å². The zero-order chi connectivity index (χ0) is 15.6. The van der Waals surface area contributed by atoms with Crippen LogP contribution in [-0.2, 0) is 10.0 Å². The van der Waals surface area contributed by atoms with E-state index in [4.69, 9.17) is 4.74 Å². The molecule has 0 spiro atoms. The highest BCUT2D eigenvalue weighted by atomic mass is 32.2. The fourth-order valence-electron chi connectivity index (χ4n) is 2.40. The molecule has 2 N–H and O–H groups in total. The smallest absolute Gasteiger partial charge is 0.243 e. The highest BCUT2D eigenvalue weighted by Crippen LogP contribution is 2.27. The lowest BCUT2D eigenvalue weighted by atomic mass is 10.3. The molecule has 22 heavy (non-hydrogen) atoms. The Morgan fingerprint density at radius 2 is 2.05 bits per heavy atom. The van der Waals surface area contributed by atoms with Crippen LogP contribution in [0, 0.1) is 0 Å². The molecule has 0 unspecified atom stereocenters. The first-order valence-electron chi connectivity index (χ1n) is 6.86. The van der Waals surface area contributed by atoms with Crippen molar-refractivity contribution in [1.82, 2.24) is 24.5 Å². The van der Waals surface area contributed by atoms with Gasteiger partial charge in [0.1, 0.15) is 17.8 Å². The van der Waals surface area contributed by atoms with Crippen LogP contribution >= 0.6 is 0 Å². The molecule has 3 rings (SSSR count). The Bertz CT molecular complexity index is 740. The molecule has 1 fully saturated rings. The normalized spacial score (nSPS) is 16.6. The highest BCUT2D eigenvalue weighted by Gasteiger charge is 2.28. The lowest BCUT2D eigenvalue weighted by molar-refractivity contribution is -0.661. The Balaban J connectivity index is 1.98. The number of rotatable bonds is 4. The van der Waals surface area contributed by atoms with Gasteiger partial charge in [0.15, 0.2) is 0 Å². The zero-order valence-corrected chi connectivity index (χ0v) is 12.9. The van der Waals surface area contributed by atoms with Crippen molar-refractivity contribution in [1.29, 1.82) is 0 Å². The zero-order valence-electron chi connectivity index (χ0n) is 12.1. The summed E-state index contributed by atoms with van der Waals surface area (Å²) in [5, 5.41) is 13.0. The van der Waals surface area contributed by atoms with Gasteiger partial charge in [0, 0.05) is 6.07 Å². The van der Waals surface area contributed by atoms with Crippen molar-refractivity contribution in [3.05, 3.63) is 24.5 Å². The number of hydrogen-bond acceptors (Lipinski definition) is 6. The molecule has 0 radical (unpaired) electrons. The number of aromatic nitrogens is 4. The number of sulfonamides is 1. The van der Waals surface area contributed by atoms with E-state index < -0.39 is 10.0 Å². The van der Waals surface area contributed by atoms with Crippen LogP contribution in [0.2, 0.25) is 0 Å². The highest BCUT2D eigenvalue weighted by molar-refractivity contribution is 7.89. The molecule has 0 aliphatic carbocycles. The Kier molecular flexibility index (Phi) is 4.05. The summed E-state index contributed by atoms with van der Waals surface area (Å²) < 4.78 is 33.5. The summed E-state index contributed by atoms with van der Waals surface area (Å²) in [5.41, 5.74) is 0.582. The summed E-state index contributed by atoms with van der Waals surface area (Å²) in [6, 6.07) is 4.69. The van der Waals surface area contributed by atoms with Crippen molar-refractivity contribution in [2.24, 2.45) is 0 Å². The number of piperazine rings is 1. The van der Waals surface area contributed by atoms with Gasteiger partial charge in [0.25, 0.3) is 0 Å². The maximum Gasteiger partial charge on any atom is 0.243 e. The molecule has 9 nitrogen and oxygen atoms in total. The quantitative estimate of drug-likeness (QED) is 0.713. The third-order valence-electron chi connectivity index (χ3n) is 3.55. The number of quaternary nitrogens is 1. The second-order valence-electron chi connectivity index (χ2n) is 4.86. The monoisotopic (exact) mass is 325 g/mol. The van der Waals surface area contributed by atoms with Crippen LogP contribution < -0.4 is 10.1 Å². The predicted octanol–water partition coefficient (Wildman–Crippen LogP) is -1.76. The lowest BCUT2D eigenvalue weighted by Gasteiger charge is -2.24. The molecule has 2 heterocycles. The van der Waals surface area contributed by atoms with E-state index in [0.29, 0.717) is 24.5 Å². The van der Waals surface area contributed by atoms with E-state index in [1.807, 2.05) is 0 Å². The SMILES string of the molecule is COc1cc(S(=O)(=O)N2CC[NH2+]CC2)ccc1-n1cnnn1. The first-order chi connectivity index (χ1) is 10.6. The second-order valence-corrected chi connectivity index (χ2v) is 6.80. The van der Waals surface area contributed by atoms with Gasteiger partial charge in [0.05, 0.1) is 38.2 Å². The van der Waals surface area contributed by atoms with Crippen LogP contribution in [0.1, 0.15) is 0 Å². The van der Waals surface area contributed by atoms with Crippen molar-refractivity contribution < 1.29 is 18.5 Å². The number of tetrazole rings is 1. The second kappa shape index (κ2) is 5.99. The fourth-order valence-corrected chi connectivity index (χ4v) is 3.88. The van der Waals surface area contributed by atoms with Crippen LogP contribution in [0.4, 0.5) is 0 Å². The van der Waals surface area contributed by atoms with E-state index in [2.05, 4.69) is 20.8 Å². The van der Waals surface area contributed by atoms with Gasteiger partial charge < -0.3 is 10.1 Å². The Morgan fingerprint density at radius 1 is 1.27 bits per heavy atom. The van der Waals surface area contributed by atoms with E-state index in [-0.39, 0.29) is 4.90 Å². The van der Waals surface area contributed by atoms with Gasteiger partial charge in [-0.05, 0) is 22.6 Å². The van der Waals surface area contributed by atoms with E-state index in [9.17, 15) is 8.42 Å². The minimum atomic E-state index is -3.51. The number of hydrogen-bond donors (Lipinski definition) is 1. The van der Waals surface area contributed by atoms with Crippen molar-refractivity contribution in [2.45, 2.75) is 4.90 Å². The fraction of sp³-hybridized carbons (Fsp3) is 0.417. The number of methoxy groups -OCH3 is 1. The van der Waals surface area contributed by atoms with Crippen LogP contribution in [0.3, 0.4) is 0 Å². The Morgan fingerprint density at radius 3 is 2.68 bits per heavy atom. The molecule has 1 aromatic heterocycles. The van der Waals surface area contributed by atoms with Gasteiger partial charge in [-0.25, -0.2) is 8.42 Å². The molecule has 2 aromatic rings. The van der Waals surface area contributed by atoms with E-state index in [0.717, 1.165) is 13.1 Å². The predicted molar refractivity (Wildman–Crippen MR) is 76.1 cm³/mol.